The average molecular weight is 294 g/mol. The number of ether oxygens (including phenoxy) is 1. The van der Waals surface area contributed by atoms with Crippen molar-refractivity contribution in [1.29, 1.82) is 0 Å². The third-order valence-corrected chi connectivity index (χ3v) is 5.55. The Morgan fingerprint density at radius 1 is 1.25 bits per heavy atom. The Morgan fingerprint density at radius 2 is 2.10 bits per heavy atom. The topological polar surface area (TPSA) is 34.2 Å². The summed E-state index contributed by atoms with van der Waals surface area (Å²) in [5.41, 5.74) is 1.38. The first-order valence-electron chi connectivity index (χ1n) is 8.06. The van der Waals surface area contributed by atoms with Gasteiger partial charge >= 0.3 is 0 Å². The second-order valence-corrected chi connectivity index (χ2v) is 7.52. The smallest absolute Gasteiger partial charge is 0.110 e. The zero-order valence-corrected chi connectivity index (χ0v) is 13.5. The maximum absolute atomic E-state index is 5.71. The zero-order valence-electron chi connectivity index (χ0n) is 12.7. The van der Waals surface area contributed by atoms with Crippen LogP contribution in [0.3, 0.4) is 0 Å². The number of hydrogen-bond acceptors (Lipinski definition) is 4. The predicted octanol–water partition coefficient (Wildman–Crippen LogP) is 3.49. The van der Waals surface area contributed by atoms with E-state index >= 15 is 0 Å². The molecule has 1 fully saturated rings. The fourth-order valence-electron chi connectivity index (χ4n) is 3.30. The Hall–Kier alpha value is -0.450. The molecule has 0 bridgehead atoms. The number of aryl methyl sites for hydroxylation is 2. The maximum atomic E-state index is 5.71. The Morgan fingerprint density at radius 3 is 2.80 bits per heavy atom. The van der Waals surface area contributed by atoms with E-state index in [0.29, 0.717) is 18.0 Å². The minimum absolute atomic E-state index is 0.380. The van der Waals surface area contributed by atoms with E-state index in [1.54, 1.807) is 4.88 Å². The molecule has 0 spiro atoms. The van der Waals surface area contributed by atoms with Gasteiger partial charge in [-0.3, -0.25) is 0 Å². The van der Waals surface area contributed by atoms with Gasteiger partial charge in [0.2, 0.25) is 0 Å². The van der Waals surface area contributed by atoms with Crippen LogP contribution in [0.4, 0.5) is 0 Å². The highest BCUT2D eigenvalue weighted by Gasteiger charge is 2.29. The SMILES string of the molecule is CC(C)NC(c1nc2c(s1)CCCC2)C1CCCOC1. The summed E-state index contributed by atoms with van der Waals surface area (Å²) in [6.07, 6.45) is 7.51. The number of aromatic nitrogens is 1. The van der Waals surface area contributed by atoms with Crippen molar-refractivity contribution < 1.29 is 4.74 Å². The number of rotatable bonds is 4. The Labute approximate surface area is 126 Å². The van der Waals surface area contributed by atoms with Gasteiger partial charge in [0.1, 0.15) is 5.01 Å². The van der Waals surface area contributed by atoms with Crippen LogP contribution in [0.25, 0.3) is 0 Å². The molecule has 0 amide bonds. The van der Waals surface area contributed by atoms with Gasteiger partial charge in [-0.15, -0.1) is 11.3 Å². The molecule has 4 heteroatoms. The van der Waals surface area contributed by atoms with E-state index in [1.165, 1.54) is 49.2 Å². The largest absolute Gasteiger partial charge is 0.381 e. The average Bonchev–Trinajstić information content (AvgIpc) is 2.89. The van der Waals surface area contributed by atoms with Crippen LogP contribution in [0.15, 0.2) is 0 Å². The fraction of sp³-hybridized carbons (Fsp3) is 0.812. The molecule has 1 aromatic rings. The Balaban J connectivity index is 1.81. The van der Waals surface area contributed by atoms with Gasteiger partial charge in [-0.25, -0.2) is 4.98 Å². The van der Waals surface area contributed by atoms with Crippen LogP contribution in [0, 0.1) is 5.92 Å². The van der Waals surface area contributed by atoms with Crippen LogP contribution >= 0.6 is 11.3 Å². The molecule has 0 saturated carbocycles. The van der Waals surface area contributed by atoms with Crippen LogP contribution in [0.2, 0.25) is 0 Å². The zero-order chi connectivity index (χ0) is 13.9. The molecule has 2 atom stereocenters. The summed E-state index contributed by atoms with van der Waals surface area (Å²) in [6.45, 7) is 6.27. The minimum atomic E-state index is 0.380. The molecule has 2 aliphatic rings. The van der Waals surface area contributed by atoms with Crippen LogP contribution < -0.4 is 5.32 Å². The van der Waals surface area contributed by atoms with Gasteiger partial charge in [0.15, 0.2) is 0 Å². The van der Waals surface area contributed by atoms with Gasteiger partial charge in [0.05, 0.1) is 18.3 Å². The van der Waals surface area contributed by atoms with Crippen molar-refractivity contribution >= 4 is 11.3 Å². The first-order chi connectivity index (χ1) is 9.74. The summed E-state index contributed by atoms with van der Waals surface area (Å²) in [6, 6.07) is 0.869. The van der Waals surface area contributed by atoms with E-state index in [9.17, 15) is 0 Å². The van der Waals surface area contributed by atoms with Gasteiger partial charge in [-0.05, 0) is 38.5 Å². The van der Waals surface area contributed by atoms with Crippen molar-refractivity contribution in [3.05, 3.63) is 15.6 Å². The lowest BCUT2D eigenvalue weighted by molar-refractivity contribution is 0.0376. The number of nitrogens with zero attached hydrogens (tertiary/aromatic N) is 1. The fourth-order valence-corrected chi connectivity index (χ4v) is 4.61. The normalized spacial score (nSPS) is 24.6. The van der Waals surface area contributed by atoms with Gasteiger partial charge in [-0.2, -0.15) is 0 Å². The summed E-state index contributed by atoms with van der Waals surface area (Å²) in [5.74, 6) is 0.582. The number of hydrogen-bond donors (Lipinski definition) is 1. The van der Waals surface area contributed by atoms with E-state index in [4.69, 9.17) is 9.72 Å². The van der Waals surface area contributed by atoms with Crippen LogP contribution in [0.1, 0.15) is 61.2 Å². The van der Waals surface area contributed by atoms with Crippen molar-refractivity contribution in [1.82, 2.24) is 10.3 Å². The molecule has 1 aliphatic carbocycles. The molecule has 0 radical (unpaired) electrons. The van der Waals surface area contributed by atoms with E-state index in [1.807, 2.05) is 11.3 Å². The highest BCUT2D eigenvalue weighted by Crippen LogP contribution is 2.35. The molecule has 2 heterocycles. The second-order valence-electron chi connectivity index (χ2n) is 6.41. The molecule has 1 aliphatic heterocycles. The Bertz CT molecular complexity index is 414. The van der Waals surface area contributed by atoms with E-state index in [-0.39, 0.29) is 0 Å². The van der Waals surface area contributed by atoms with Gasteiger partial charge in [0, 0.05) is 23.4 Å². The first kappa shape index (κ1) is 14.5. The quantitative estimate of drug-likeness (QED) is 0.923. The molecule has 2 unspecified atom stereocenters. The van der Waals surface area contributed by atoms with Gasteiger partial charge < -0.3 is 10.1 Å². The summed E-state index contributed by atoms with van der Waals surface area (Å²) in [7, 11) is 0. The number of fused-ring (bicyclic) bond motifs is 1. The van der Waals surface area contributed by atoms with Crippen molar-refractivity contribution in [2.24, 2.45) is 5.92 Å². The maximum Gasteiger partial charge on any atom is 0.110 e. The van der Waals surface area contributed by atoms with Crippen molar-refractivity contribution in [2.75, 3.05) is 13.2 Å². The summed E-state index contributed by atoms with van der Waals surface area (Å²) >= 11 is 1.95. The highest BCUT2D eigenvalue weighted by molar-refractivity contribution is 7.11. The lowest BCUT2D eigenvalue weighted by Crippen LogP contribution is -2.37. The van der Waals surface area contributed by atoms with Crippen molar-refractivity contribution in [2.45, 2.75) is 64.5 Å². The van der Waals surface area contributed by atoms with Crippen molar-refractivity contribution in [3.8, 4) is 0 Å². The lowest BCUT2D eigenvalue weighted by atomic mass is 9.93. The third kappa shape index (κ3) is 3.23. The molecule has 112 valence electrons. The summed E-state index contributed by atoms with van der Waals surface area (Å²) < 4.78 is 5.71. The summed E-state index contributed by atoms with van der Waals surface area (Å²) in [5, 5.41) is 5.05. The molecule has 3 rings (SSSR count). The monoisotopic (exact) mass is 294 g/mol. The number of thiazole rings is 1. The van der Waals surface area contributed by atoms with Crippen LogP contribution in [-0.4, -0.2) is 24.2 Å². The molecule has 1 saturated heterocycles. The van der Waals surface area contributed by atoms with E-state index in [2.05, 4.69) is 19.2 Å². The minimum Gasteiger partial charge on any atom is -0.381 e. The van der Waals surface area contributed by atoms with Gasteiger partial charge in [-0.1, -0.05) is 13.8 Å². The van der Waals surface area contributed by atoms with Crippen molar-refractivity contribution in [3.63, 3.8) is 0 Å². The van der Waals surface area contributed by atoms with Crippen LogP contribution in [-0.2, 0) is 17.6 Å². The molecular formula is C16H26N2OS. The standard InChI is InChI=1S/C16H26N2OS/c1-11(2)17-15(12-6-5-9-19-10-12)16-18-13-7-3-4-8-14(13)20-16/h11-12,15,17H,3-10H2,1-2H3. The first-order valence-corrected chi connectivity index (χ1v) is 8.88. The third-order valence-electron chi connectivity index (χ3n) is 4.31. The van der Waals surface area contributed by atoms with Gasteiger partial charge in [0.25, 0.3) is 0 Å². The van der Waals surface area contributed by atoms with E-state index < -0.39 is 0 Å². The predicted molar refractivity (Wildman–Crippen MR) is 83.3 cm³/mol. The lowest BCUT2D eigenvalue weighted by Gasteiger charge is -2.31. The molecule has 1 aromatic heterocycles. The Kier molecular flexibility index (Phi) is 4.74. The second kappa shape index (κ2) is 6.54. The van der Waals surface area contributed by atoms with Crippen LogP contribution in [0.5, 0.6) is 0 Å². The summed E-state index contributed by atoms with van der Waals surface area (Å²) in [4.78, 5) is 6.52. The highest BCUT2D eigenvalue weighted by atomic mass is 32.1. The number of nitrogens with one attached hydrogen (secondary N) is 1. The molecule has 0 aromatic carbocycles. The van der Waals surface area contributed by atoms with E-state index in [0.717, 1.165) is 13.2 Å². The molecular weight excluding hydrogens is 268 g/mol. The molecule has 3 nitrogen and oxygen atoms in total. The molecule has 1 N–H and O–H groups in total. The molecule has 20 heavy (non-hydrogen) atoms.